The molecule has 1 heterocycles. The highest BCUT2D eigenvalue weighted by atomic mass is 32.2. The average Bonchev–Trinajstić information content (AvgIpc) is 3.00. The number of thiophene rings is 1. The van der Waals surface area contributed by atoms with Crippen LogP contribution in [0.15, 0.2) is 46.0 Å². The fourth-order valence-electron chi connectivity index (χ4n) is 1.66. The molecule has 0 aliphatic rings. The lowest BCUT2D eigenvalue weighted by atomic mass is 10.3. The molecule has 2 rings (SSSR count). The summed E-state index contributed by atoms with van der Waals surface area (Å²) in [5.74, 6) is -1.19. The van der Waals surface area contributed by atoms with Crippen molar-refractivity contribution in [2.45, 2.75) is 17.9 Å². The first-order valence-electron chi connectivity index (χ1n) is 6.44. The third-order valence-corrected chi connectivity index (χ3v) is 4.43. The number of amides is 1. The van der Waals surface area contributed by atoms with Crippen LogP contribution in [-0.2, 0) is 19.6 Å². The Labute approximate surface area is 137 Å². The second kappa shape index (κ2) is 6.90. The van der Waals surface area contributed by atoms with Crippen LogP contribution >= 0.6 is 11.3 Å². The molecule has 9 heteroatoms. The predicted molar refractivity (Wildman–Crippen MR) is 85.6 cm³/mol. The lowest BCUT2D eigenvalue weighted by Crippen LogP contribution is -2.30. The van der Waals surface area contributed by atoms with Crippen molar-refractivity contribution in [3.63, 3.8) is 0 Å². The molecule has 2 aromatic rings. The van der Waals surface area contributed by atoms with Crippen LogP contribution in [0.2, 0.25) is 0 Å². The van der Waals surface area contributed by atoms with Gasteiger partial charge in [-0.15, -0.1) is 0 Å². The summed E-state index contributed by atoms with van der Waals surface area (Å²) in [6, 6.07) is 7.07. The molecule has 3 N–H and O–H groups in total. The fraction of sp³-hybridized carbons (Fsp3) is 0.143. The van der Waals surface area contributed by atoms with Gasteiger partial charge in [-0.05, 0) is 36.6 Å². The number of benzene rings is 1. The summed E-state index contributed by atoms with van der Waals surface area (Å²) in [6.45, 7) is 1.42. The number of hydrogen-bond acceptors (Lipinski definition) is 6. The molecule has 0 aliphatic carbocycles. The normalized spacial score (nSPS) is 12.4. The van der Waals surface area contributed by atoms with Crippen molar-refractivity contribution >= 4 is 38.9 Å². The van der Waals surface area contributed by atoms with Gasteiger partial charge < -0.3 is 10.1 Å². The van der Waals surface area contributed by atoms with E-state index in [0.29, 0.717) is 5.56 Å². The van der Waals surface area contributed by atoms with E-state index in [1.807, 2.05) is 0 Å². The van der Waals surface area contributed by atoms with Gasteiger partial charge in [0.2, 0.25) is 10.0 Å². The number of nitrogens with one attached hydrogen (secondary N) is 1. The highest BCUT2D eigenvalue weighted by molar-refractivity contribution is 7.89. The Balaban J connectivity index is 2.03. The van der Waals surface area contributed by atoms with Gasteiger partial charge in [-0.1, -0.05) is 6.07 Å². The smallest absolute Gasteiger partial charge is 0.339 e. The van der Waals surface area contributed by atoms with Crippen molar-refractivity contribution in [2.75, 3.05) is 5.32 Å². The third-order valence-electron chi connectivity index (χ3n) is 2.84. The minimum absolute atomic E-state index is 0.127. The van der Waals surface area contributed by atoms with Crippen LogP contribution in [-0.4, -0.2) is 26.4 Å². The molecule has 0 saturated carbocycles. The van der Waals surface area contributed by atoms with Gasteiger partial charge >= 0.3 is 5.97 Å². The van der Waals surface area contributed by atoms with Gasteiger partial charge in [-0.3, -0.25) is 4.79 Å². The van der Waals surface area contributed by atoms with E-state index >= 15 is 0 Å². The summed E-state index contributed by atoms with van der Waals surface area (Å²) < 4.78 is 27.6. The number of carbonyl (C=O) groups excluding carboxylic acids is 2. The lowest BCUT2D eigenvalue weighted by molar-refractivity contribution is -0.123. The average molecular weight is 354 g/mol. The Morgan fingerprint density at radius 2 is 2.04 bits per heavy atom. The van der Waals surface area contributed by atoms with Crippen LogP contribution in [0.4, 0.5) is 5.69 Å². The maximum atomic E-state index is 12.0. The van der Waals surface area contributed by atoms with Gasteiger partial charge in [0.05, 0.1) is 10.5 Å². The van der Waals surface area contributed by atoms with Gasteiger partial charge in [0.25, 0.3) is 5.91 Å². The Kier molecular flexibility index (Phi) is 5.14. The van der Waals surface area contributed by atoms with Gasteiger partial charge in [0.1, 0.15) is 0 Å². The molecular formula is C14H14N2O5S2. The van der Waals surface area contributed by atoms with Crippen molar-refractivity contribution < 1.29 is 22.7 Å². The fourth-order valence-corrected chi connectivity index (χ4v) is 2.84. The maximum Gasteiger partial charge on any atom is 0.339 e. The standard InChI is InChI=1S/C14H14N2O5S2/c1-9(21-14(18)10-5-6-22-8-10)13(17)16-11-3-2-4-12(7-11)23(15,19)20/h2-9H,1H3,(H,16,17)(H2,15,19,20)/t9-/m0/s1. The van der Waals surface area contributed by atoms with E-state index in [1.165, 1.54) is 42.5 Å². The summed E-state index contributed by atoms with van der Waals surface area (Å²) in [7, 11) is -3.87. The second-order valence-electron chi connectivity index (χ2n) is 4.62. The number of primary sulfonamides is 1. The molecule has 0 aliphatic heterocycles. The summed E-state index contributed by atoms with van der Waals surface area (Å²) in [5, 5.41) is 10.8. The highest BCUT2D eigenvalue weighted by Gasteiger charge is 2.19. The van der Waals surface area contributed by atoms with Crippen LogP contribution < -0.4 is 10.5 Å². The molecule has 0 bridgehead atoms. The molecule has 122 valence electrons. The molecular weight excluding hydrogens is 340 g/mol. The van der Waals surface area contributed by atoms with Crippen molar-refractivity contribution in [2.24, 2.45) is 5.14 Å². The number of carbonyl (C=O) groups is 2. The van der Waals surface area contributed by atoms with Gasteiger partial charge in [-0.2, -0.15) is 11.3 Å². The van der Waals surface area contributed by atoms with E-state index in [2.05, 4.69) is 5.32 Å². The van der Waals surface area contributed by atoms with Crippen molar-refractivity contribution in [1.29, 1.82) is 0 Å². The summed E-state index contributed by atoms with van der Waals surface area (Å²) in [4.78, 5) is 23.7. The van der Waals surface area contributed by atoms with E-state index in [0.717, 1.165) is 0 Å². The number of anilines is 1. The first-order valence-corrected chi connectivity index (χ1v) is 8.93. The minimum Gasteiger partial charge on any atom is -0.449 e. The molecule has 1 atom stereocenters. The minimum atomic E-state index is -3.87. The van der Waals surface area contributed by atoms with E-state index in [1.54, 1.807) is 16.8 Å². The molecule has 0 spiro atoms. The molecule has 1 aromatic carbocycles. The lowest BCUT2D eigenvalue weighted by Gasteiger charge is -2.13. The monoisotopic (exact) mass is 354 g/mol. The Morgan fingerprint density at radius 3 is 2.65 bits per heavy atom. The zero-order chi connectivity index (χ0) is 17.0. The number of nitrogens with two attached hydrogens (primary N) is 1. The van der Waals surface area contributed by atoms with Gasteiger partial charge in [0, 0.05) is 11.1 Å². The predicted octanol–water partition coefficient (Wildman–Crippen LogP) is 1.58. The zero-order valence-electron chi connectivity index (χ0n) is 12.1. The third kappa shape index (κ3) is 4.62. The van der Waals surface area contributed by atoms with E-state index < -0.39 is 28.0 Å². The zero-order valence-corrected chi connectivity index (χ0v) is 13.7. The van der Waals surface area contributed by atoms with Gasteiger partial charge in [0.15, 0.2) is 6.10 Å². The molecule has 0 unspecified atom stereocenters. The molecule has 7 nitrogen and oxygen atoms in total. The molecule has 23 heavy (non-hydrogen) atoms. The van der Waals surface area contributed by atoms with Gasteiger partial charge in [-0.25, -0.2) is 18.4 Å². The second-order valence-corrected chi connectivity index (χ2v) is 6.96. The summed E-state index contributed by atoms with van der Waals surface area (Å²) in [5.41, 5.74) is 0.603. The van der Waals surface area contributed by atoms with Crippen molar-refractivity contribution in [3.05, 3.63) is 46.7 Å². The Morgan fingerprint density at radius 1 is 1.30 bits per heavy atom. The number of esters is 1. The van der Waals surface area contributed by atoms with Crippen LogP contribution in [0, 0.1) is 0 Å². The molecule has 0 radical (unpaired) electrons. The van der Waals surface area contributed by atoms with Crippen molar-refractivity contribution in [1.82, 2.24) is 0 Å². The molecule has 0 fully saturated rings. The number of ether oxygens (including phenoxy) is 1. The molecule has 0 saturated heterocycles. The highest BCUT2D eigenvalue weighted by Crippen LogP contribution is 2.15. The molecule has 1 amide bonds. The largest absolute Gasteiger partial charge is 0.449 e. The van der Waals surface area contributed by atoms with E-state index in [4.69, 9.17) is 9.88 Å². The topological polar surface area (TPSA) is 116 Å². The van der Waals surface area contributed by atoms with Crippen molar-refractivity contribution in [3.8, 4) is 0 Å². The van der Waals surface area contributed by atoms with E-state index in [9.17, 15) is 18.0 Å². The van der Waals surface area contributed by atoms with Crippen LogP contribution in [0.3, 0.4) is 0 Å². The Hall–Kier alpha value is -2.23. The van der Waals surface area contributed by atoms with E-state index in [-0.39, 0.29) is 10.6 Å². The maximum absolute atomic E-state index is 12.0. The SMILES string of the molecule is C[C@H](OC(=O)c1ccsc1)C(=O)Nc1cccc(S(N)(=O)=O)c1. The quantitative estimate of drug-likeness (QED) is 0.791. The number of sulfonamides is 1. The van der Waals surface area contributed by atoms with Crippen LogP contribution in [0.25, 0.3) is 0 Å². The number of hydrogen-bond donors (Lipinski definition) is 2. The summed E-state index contributed by atoms with van der Waals surface area (Å²) in [6.07, 6.45) is -1.04. The Bertz CT molecular complexity index is 815. The first-order chi connectivity index (χ1) is 10.8. The van der Waals surface area contributed by atoms with Crippen LogP contribution in [0.1, 0.15) is 17.3 Å². The summed E-state index contributed by atoms with van der Waals surface area (Å²) >= 11 is 1.34. The number of rotatable bonds is 5. The first kappa shape index (κ1) is 17.1. The van der Waals surface area contributed by atoms with Crippen LogP contribution in [0.5, 0.6) is 0 Å². The molecule has 1 aromatic heterocycles.